The molecule has 1 amide bonds. The lowest BCUT2D eigenvalue weighted by molar-refractivity contribution is -0.359. The van der Waals surface area contributed by atoms with E-state index in [2.05, 4.69) is 19.2 Å². The smallest absolute Gasteiger partial charge is 0.220 e. The topological polar surface area (TPSA) is 228 Å². The molecule has 12 atom stereocenters. The van der Waals surface area contributed by atoms with Crippen molar-refractivity contribution in [3.05, 3.63) is 12.2 Å². The van der Waals surface area contributed by atoms with Gasteiger partial charge in [0.1, 0.15) is 48.8 Å². The molecule has 2 aliphatic rings. The first kappa shape index (κ1) is 41.9. The normalized spacial score (nSPS) is 32.8. The lowest BCUT2D eigenvalue weighted by atomic mass is 9.97. The Labute approximate surface area is 278 Å². The summed E-state index contributed by atoms with van der Waals surface area (Å²) in [7, 11) is 0. The third-order valence-electron chi connectivity index (χ3n) is 8.72. The monoisotopic (exact) mass is 679 g/mol. The first-order valence-electron chi connectivity index (χ1n) is 17.4. The Balaban J connectivity index is 2.00. The van der Waals surface area contributed by atoms with Gasteiger partial charge in [-0.15, -0.1) is 0 Å². The lowest BCUT2D eigenvalue weighted by Crippen LogP contribution is -2.65. The summed E-state index contributed by atoms with van der Waals surface area (Å²) < 4.78 is 22.3. The maximum Gasteiger partial charge on any atom is 0.220 e. The molecule has 0 aliphatic carbocycles. The number of carbonyl (C=O) groups is 1. The van der Waals surface area contributed by atoms with Crippen LogP contribution in [0, 0.1) is 0 Å². The van der Waals surface area contributed by atoms with Crippen LogP contribution in [0.3, 0.4) is 0 Å². The number of rotatable bonds is 23. The summed E-state index contributed by atoms with van der Waals surface area (Å²) in [6.45, 7) is 2.56. The van der Waals surface area contributed by atoms with Gasteiger partial charge in [0.2, 0.25) is 5.91 Å². The van der Waals surface area contributed by atoms with Crippen molar-refractivity contribution in [3.8, 4) is 0 Å². The number of aliphatic hydroxyl groups excluding tert-OH is 8. The highest BCUT2D eigenvalue weighted by molar-refractivity contribution is 5.76. The van der Waals surface area contributed by atoms with Crippen molar-refractivity contribution in [1.29, 1.82) is 0 Å². The average molecular weight is 680 g/mol. The van der Waals surface area contributed by atoms with Gasteiger partial charge in [0, 0.05) is 6.42 Å². The highest BCUT2D eigenvalue weighted by Crippen LogP contribution is 2.29. The Kier molecular flexibility index (Phi) is 20.7. The van der Waals surface area contributed by atoms with Gasteiger partial charge in [-0.05, 0) is 19.3 Å². The molecule has 2 fully saturated rings. The Hall–Kier alpha value is -1.27. The number of hydrogen-bond donors (Lipinski definition) is 9. The number of aliphatic hydroxyl groups is 8. The van der Waals surface area contributed by atoms with Crippen LogP contribution in [0.1, 0.15) is 97.3 Å². The van der Waals surface area contributed by atoms with Gasteiger partial charge in [0.25, 0.3) is 0 Å². The predicted molar refractivity (Wildman–Crippen MR) is 171 cm³/mol. The molecule has 12 unspecified atom stereocenters. The number of allylic oxidation sites excluding steroid dienone is 1. The third-order valence-corrected chi connectivity index (χ3v) is 8.72. The molecule has 14 nitrogen and oxygen atoms in total. The zero-order chi connectivity index (χ0) is 34.8. The second-order valence-corrected chi connectivity index (χ2v) is 12.7. The molecule has 0 spiro atoms. The average Bonchev–Trinajstić information content (AvgIpc) is 3.06. The SMILES string of the molecule is CCCCC/C=C/C(O)C(COC1OC(CO)C(OC2OC(CO)C(O)C(O)C2O)C(O)C1O)NC(=O)CCCCCCCCCC. The standard InChI is InChI=1S/C33H61NO13/c1-3-5-7-9-10-11-13-15-17-25(38)34-21(22(37)16-14-12-8-6-4-2)20-44-32-30(43)28(41)31(24(19-36)46-32)47-33-29(42)27(40)26(39)23(18-35)45-33/h14,16,21-24,26-33,35-37,39-43H,3-13,15,17-20H2,1-2H3,(H,34,38)/b16-14+. The van der Waals surface area contributed by atoms with Crippen LogP contribution in [-0.4, -0.2) is 140 Å². The molecule has 0 aromatic carbocycles. The van der Waals surface area contributed by atoms with Crippen molar-refractivity contribution in [2.75, 3.05) is 19.8 Å². The van der Waals surface area contributed by atoms with Gasteiger partial charge in [0.05, 0.1) is 32.0 Å². The lowest BCUT2D eigenvalue weighted by Gasteiger charge is -2.46. The van der Waals surface area contributed by atoms with E-state index in [1.54, 1.807) is 6.08 Å². The molecule has 2 aliphatic heterocycles. The van der Waals surface area contributed by atoms with Gasteiger partial charge >= 0.3 is 0 Å². The van der Waals surface area contributed by atoms with E-state index < -0.39 is 86.8 Å². The van der Waals surface area contributed by atoms with Gasteiger partial charge in [-0.1, -0.05) is 83.8 Å². The summed E-state index contributed by atoms with van der Waals surface area (Å²) in [4.78, 5) is 12.8. The maximum absolute atomic E-state index is 12.8. The van der Waals surface area contributed by atoms with Crippen LogP contribution in [-0.2, 0) is 23.7 Å². The van der Waals surface area contributed by atoms with Crippen molar-refractivity contribution in [3.63, 3.8) is 0 Å². The molecule has 2 rings (SSSR count). The minimum atomic E-state index is -1.78. The van der Waals surface area contributed by atoms with Gasteiger partial charge < -0.3 is 65.1 Å². The van der Waals surface area contributed by atoms with Crippen molar-refractivity contribution in [2.24, 2.45) is 0 Å². The van der Waals surface area contributed by atoms with Crippen LogP contribution in [0.2, 0.25) is 0 Å². The second kappa shape index (κ2) is 23.2. The summed E-state index contributed by atoms with van der Waals surface area (Å²) in [5.41, 5.74) is 0. The summed E-state index contributed by atoms with van der Waals surface area (Å²) in [5.74, 6) is -0.255. The summed E-state index contributed by atoms with van der Waals surface area (Å²) >= 11 is 0. The minimum absolute atomic E-state index is 0.255. The minimum Gasteiger partial charge on any atom is -0.394 e. The van der Waals surface area contributed by atoms with E-state index in [4.69, 9.17) is 18.9 Å². The van der Waals surface area contributed by atoms with Crippen molar-refractivity contribution < 1.29 is 64.6 Å². The Morgan fingerprint density at radius 3 is 1.96 bits per heavy atom. The number of ether oxygens (including phenoxy) is 4. The van der Waals surface area contributed by atoms with Gasteiger partial charge in [0.15, 0.2) is 12.6 Å². The highest BCUT2D eigenvalue weighted by atomic mass is 16.7. The fraction of sp³-hybridized carbons (Fsp3) is 0.909. The molecule has 9 N–H and O–H groups in total. The quantitative estimate of drug-likeness (QED) is 0.0518. The van der Waals surface area contributed by atoms with E-state index in [9.17, 15) is 45.6 Å². The fourth-order valence-electron chi connectivity index (χ4n) is 5.70. The number of unbranched alkanes of at least 4 members (excludes halogenated alkanes) is 10. The molecule has 276 valence electrons. The van der Waals surface area contributed by atoms with Crippen molar-refractivity contribution >= 4 is 5.91 Å². The maximum atomic E-state index is 12.8. The van der Waals surface area contributed by atoms with E-state index in [1.165, 1.54) is 25.7 Å². The Bertz CT molecular complexity index is 862. The largest absolute Gasteiger partial charge is 0.394 e. The Morgan fingerprint density at radius 2 is 1.32 bits per heavy atom. The zero-order valence-electron chi connectivity index (χ0n) is 28.0. The van der Waals surface area contributed by atoms with E-state index in [0.717, 1.165) is 44.9 Å². The van der Waals surface area contributed by atoms with Crippen LogP contribution in [0.25, 0.3) is 0 Å². The second-order valence-electron chi connectivity index (χ2n) is 12.7. The Morgan fingerprint density at radius 1 is 0.745 bits per heavy atom. The first-order valence-corrected chi connectivity index (χ1v) is 17.4. The molecular weight excluding hydrogens is 618 g/mol. The van der Waals surface area contributed by atoms with E-state index in [1.807, 2.05) is 6.08 Å². The number of nitrogens with one attached hydrogen (secondary N) is 1. The molecule has 0 aromatic heterocycles. The van der Waals surface area contributed by atoms with Crippen molar-refractivity contribution in [2.45, 2.75) is 171 Å². The molecule has 0 saturated carbocycles. The van der Waals surface area contributed by atoms with Crippen LogP contribution in [0.5, 0.6) is 0 Å². The summed E-state index contributed by atoms with van der Waals surface area (Å²) in [6, 6.07) is -0.900. The molecule has 2 saturated heterocycles. The van der Waals surface area contributed by atoms with E-state index >= 15 is 0 Å². The molecule has 0 aromatic rings. The fourth-order valence-corrected chi connectivity index (χ4v) is 5.70. The van der Waals surface area contributed by atoms with Gasteiger partial charge in [-0.3, -0.25) is 4.79 Å². The molecule has 47 heavy (non-hydrogen) atoms. The molecule has 14 heteroatoms. The molecule has 2 heterocycles. The molecule has 0 radical (unpaired) electrons. The van der Waals surface area contributed by atoms with Crippen molar-refractivity contribution in [1.82, 2.24) is 5.32 Å². The summed E-state index contributed by atoms with van der Waals surface area (Å²) in [6.07, 6.45) is -0.711. The zero-order valence-corrected chi connectivity index (χ0v) is 28.0. The van der Waals surface area contributed by atoms with Crippen LogP contribution < -0.4 is 5.32 Å². The number of hydrogen-bond acceptors (Lipinski definition) is 13. The van der Waals surface area contributed by atoms with Gasteiger partial charge in [-0.25, -0.2) is 0 Å². The van der Waals surface area contributed by atoms with Crippen LogP contribution in [0.15, 0.2) is 12.2 Å². The van der Waals surface area contributed by atoms with Crippen LogP contribution >= 0.6 is 0 Å². The number of amides is 1. The van der Waals surface area contributed by atoms with E-state index in [0.29, 0.717) is 6.42 Å². The third kappa shape index (κ3) is 13.9. The molecular formula is C33H61NO13. The van der Waals surface area contributed by atoms with Gasteiger partial charge in [-0.2, -0.15) is 0 Å². The first-order chi connectivity index (χ1) is 22.6. The number of carbonyl (C=O) groups excluding carboxylic acids is 1. The van der Waals surface area contributed by atoms with E-state index in [-0.39, 0.29) is 18.9 Å². The van der Waals surface area contributed by atoms with Crippen LogP contribution in [0.4, 0.5) is 0 Å². The molecule has 0 bridgehead atoms. The predicted octanol–water partition coefficient (Wildman–Crippen LogP) is 0.140. The summed E-state index contributed by atoms with van der Waals surface area (Å²) in [5, 5.41) is 85.3. The highest BCUT2D eigenvalue weighted by Gasteiger charge is 2.50.